The highest BCUT2D eigenvalue weighted by molar-refractivity contribution is 6.30. The van der Waals surface area contributed by atoms with E-state index in [4.69, 9.17) is 17.3 Å². The van der Waals surface area contributed by atoms with Crippen LogP contribution in [0.2, 0.25) is 5.02 Å². The molecule has 0 aliphatic heterocycles. The number of ether oxygens (including phenoxy) is 1. The van der Waals surface area contributed by atoms with Crippen LogP contribution < -0.4 is 5.73 Å². The van der Waals surface area contributed by atoms with Gasteiger partial charge in [0.05, 0.1) is 12.1 Å². The highest BCUT2D eigenvalue weighted by Crippen LogP contribution is 2.21. The molecule has 0 saturated heterocycles. The Morgan fingerprint density at radius 2 is 2.44 bits per heavy atom. The molecular weight excluding hydrogens is 235 g/mol. The molecule has 88 valence electrons. The largest absolute Gasteiger partial charge is 0.469 e. The Labute approximate surface area is 97.6 Å². The Bertz CT molecular complexity index is 387. The summed E-state index contributed by atoms with van der Waals surface area (Å²) in [5, 5.41) is 0.310. The molecule has 0 spiro atoms. The summed E-state index contributed by atoms with van der Waals surface area (Å²) in [7, 11) is 1.29. The van der Waals surface area contributed by atoms with E-state index in [0.29, 0.717) is 5.02 Å². The molecule has 0 aromatic carbocycles. The molecule has 1 unspecified atom stereocenters. The molecule has 0 radical (unpaired) electrons. The van der Waals surface area contributed by atoms with Gasteiger partial charge in [-0.15, -0.1) is 0 Å². The number of carbonyl (C=O) groups is 1. The first-order valence-electron chi connectivity index (χ1n) is 4.68. The van der Waals surface area contributed by atoms with E-state index in [0.717, 1.165) is 0 Å². The van der Waals surface area contributed by atoms with Gasteiger partial charge in [0, 0.05) is 24.2 Å². The van der Waals surface area contributed by atoms with Crippen LogP contribution in [0.3, 0.4) is 0 Å². The predicted molar refractivity (Wildman–Crippen MR) is 57.4 cm³/mol. The van der Waals surface area contributed by atoms with Crippen molar-refractivity contribution in [1.29, 1.82) is 0 Å². The zero-order valence-electron chi connectivity index (χ0n) is 8.74. The zero-order chi connectivity index (χ0) is 12.1. The number of halogens is 2. The molecule has 1 rings (SSSR count). The van der Waals surface area contributed by atoms with Crippen LogP contribution in [0.25, 0.3) is 0 Å². The highest BCUT2D eigenvalue weighted by atomic mass is 35.5. The van der Waals surface area contributed by atoms with Crippen LogP contribution in [0.1, 0.15) is 24.4 Å². The average Bonchev–Trinajstić information content (AvgIpc) is 2.28. The summed E-state index contributed by atoms with van der Waals surface area (Å²) in [5.41, 5.74) is 5.93. The third-order valence-corrected chi connectivity index (χ3v) is 2.33. The van der Waals surface area contributed by atoms with Gasteiger partial charge in [0.1, 0.15) is 0 Å². The SMILES string of the molecule is COC(=O)CCC(N)c1cc(Cl)cnc1F. The number of nitrogens with zero attached hydrogens (tertiary/aromatic N) is 1. The summed E-state index contributed by atoms with van der Waals surface area (Å²) >= 11 is 5.67. The minimum atomic E-state index is -0.665. The summed E-state index contributed by atoms with van der Waals surface area (Å²) in [6.45, 7) is 0. The van der Waals surface area contributed by atoms with Crippen LogP contribution in [-0.4, -0.2) is 18.1 Å². The van der Waals surface area contributed by atoms with Gasteiger partial charge in [-0.2, -0.15) is 4.39 Å². The second-order valence-electron chi connectivity index (χ2n) is 3.25. The molecule has 0 amide bonds. The second kappa shape index (κ2) is 5.77. The lowest BCUT2D eigenvalue weighted by molar-refractivity contribution is -0.140. The number of pyridine rings is 1. The van der Waals surface area contributed by atoms with Crippen molar-refractivity contribution in [1.82, 2.24) is 4.98 Å². The summed E-state index contributed by atoms with van der Waals surface area (Å²) in [4.78, 5) is 14.3. The van der Waals surface area contributed by atoms with Crippen molar-refractivity contribution >= 4 is 17.6 Å². The van der Waals surface area contributed by atoms with E-state index < -0.39 is 12.0 Å². The van der Waals surface area contributed by atoms with Crippen LogP contribution in [0.4, 0.5) is 4.39 Å². The van der Waals surface area contributed by atoms with Crippen LogP contribution in [0.5, 0.6) is 0 Å². The van der Waals surface area contributed by atoms with Gasteiger partial charge < -0.3 is 10.5 Å². The molecule has 16 heavy (non-hydrogen) atoms. The maximum absolute atomic E-state index is 13.3. The Balaban J connectivity index is 2.68. The lowest BCUT2D eigenvalue weighted by atomic mass is 10.0. The predicted octanol–water partition coefficient (Wildman–Crippen LogP) is 1.83. The molecule has 1 heterocycles. The van der Waals surface area contributed by atoms with E-state index in [1.807, 2.05) is 0 Å². The fourth-order valence-corrected chi connectivity index (χ4v) is 1.40. The Morgan fingerprint density at radius 1 is 1.75 bits per heavy atom. The van der Waals surface area contributed by atoms with Gasteiger partial charge in [0.25, 0.3) is 0 Å². The van der Waals surface area contributed by atoms with E-state index in [9.17, 15) is 9.18 Å². The fraction of sp³-hybridized carbons (Fsp3) is 0.400. The van der Waals surface area contributed by atoms with E-state index in [1.165, 1.54) is 19.4 Å². The number of aromatic nitrogens is 1. The second-order valence-corrected chi connectivity index (χ2v) is 3.69. The van der Waals surface area contributed by atoms with E-state index in [1.54, 1.807) is 0 Å². The Kier molecular flexibility index (Phi) is 4.64. The summed E-state index contributed by atoms with van der Waals surface area (Å²) < 4.78 is 17.7. The van der Waals surface area contributed by atoms with Gasteiger partial charge in [-0.05, 0) is 12.5 Å². The quantitative estimate of drug-likeness (QED) is 0.650. The fourth-order valence-electron chi connectivity index (χ4n) is 1.23. The van der Waals surface area contributed by atoms with Gasteiger partial charge >= 0.3 is 5.97 Å². The van der Waals surface area contributed by atoms with Crippen molar-refractivity contribution in [3.05, 3.63) is 28.8 Å². The smallest absolute Gasteiger partial charge is 0.305 e. The molecule has 1 aromatic heterocycles. The molecule has 1 atom stereocenters. The lowest BCUT2D eigenvalue weighted by Gasteiger charge is -2.11. The molecular formula is C10H12ClFN2O2. The summed E-state index contributed by atoms with van der Waals surface area (Å²) in [6, 6.07) is 0.788. The van der Waals surface area contributed by atoms with Crippen LogP contribution >= 0.6 is 11.6 Å². The number of hydrogen-bond acceptors (Lipinski definition) is 4. The Hall–Kier alpha value is -1.20. The van der Waals surface area contributed by atoms with Gasteiger partial charge in [-0.25, -0.2) is 4.98 Å². The minimum absolute atomic E-state index is 0.129. The van der Waals surface area contributed by atoms with E-state index in [2.05, 4.69) is 9.72 Å². The molecule has 0 aliphatic carbocycles. The first-order chi connectivity index (χ1) is 7.54. The minimum Gasteiger partial charge on any atom is -0.469 e. The molecule has 6 heteroatoms. The van der Waals surface area contributed by atoms with Crippen LogP contribution in [0, 0.1) is 5.95 Å². The molecule has 0 fully saturated rings. The standard InChI is InChI=1S/C10H12ClFN2O2/c1-16-9(15)3-2-8(13)7-4-6(11)5-14-10(7)12/h4-5,8H,2-3,13H2,1H3. The average molecular weight is 247 g/mol. The first-order valence-corrected chi connectivity index (χ1v) is 5.05. The molecule has 1 aromatic rings. The molecule has 4 nitrogen and oxygen atoms in total. The van der Waals surface area contributed by atoms with Crippen molar-refractivity contribution in [2.45, 2.75) is 18.9 Å². The number of carbonyl (C=O) groups excluding carboxylic acids is 1. The molecule has 0 bridgehead atoms. The maximum Gasteiger partial charge on any atom is 0.305 e. The number of hydrogen-bond donors (Lipinski definition) is 1. The number of nitrogens with two attached hydrogens (primary N) is 1. The third-order valence-electron chi connectivity index (χ3n) is 2.12. The molecule has 2 N–H and O–H groups in total. The van der Waals surface area contributed by atoms with Crippen molar-refractivity contribution in [2.75, 3.05) is 7.11 Å². The first kappa shape index (κ1) is 12.9. The lowest BCUT2D eigenvalue weighted by Crippen LogP contribution is -2.15. The van der Waals surface area contributed by atoms with E-state index >= 15 is 0 Å². The summed E-state index contributed by atoms with van der Waals surface area (Å²) in [6.07, 6.45) is 1.61. The van der Waals surface area contributed by atoms with Crippen LogP contribution in [-0.2, 0) is 9.53 Å². The van der Waals surface area contributed by atoms with Gasteiger partial charge in [-0.1, -0.05) is 11.6 Å². The molecule has 0 aliphatic rings. The topological polar surface area (TPSA) is 65.2 Å². The van der Waals surface area contributed by atoms with Gasteiger partial charge in [0.2, 0.25) is 5.95 Å². The van der Waals surface area contributed by atoms with Gasteiger partial charge in [-0.3, -0.25) is 4.79 Å². The van der Waals surface area contributed by atoms with Crippen molar-refractivity contribution < 1.29 is 13.9 Å². The zero-order valence-corrected chi connectivity index (χ0v) is 9.50. The number of rotatable bonds is 4. The third kappa shape index (κ3) is 3.43. The van der Waals surface area contributed by atoms with Gasteiger partial charge in [0.15, 0.2) is 0 Å². The van der Waals surface area contributed by atoms with Crippen LogP contribution in [0.15, 0.2) is 12.3 Å². The molecule has 0 saturated carbocycles. The van der Waals surface area contributed by atoms with Crippen molar-refractivity contribution in [3.63, 3.8) is 0 Å². The van der Waals surface area contributed by atoms with Crippen molar-refractivity contribution in [3.8, 4) is 0 Å². The Morgan fingerprint density at radius 3 is 3.06 bits per heavy atom. The summed E-state index contributed by atoms with van der Waals surface area (Å²) in [5.74, 6) is -1.05. The normalized spacial score (nSPS) is 12.2. The highest BCUT2D eigenvalue weighted by Gasteiger charge is 2.14. The number of esters is 1. The maximum atomic E-state index is 13.3. The van der Waals surface area contributed by atoms with E-state index in [-0.39, 0.29) is 24.4 Å². The monoisotopic (exact) mass is 246 g/mol. The van der Waals surface area contributed by atoms with Crippen molar-refractivity contribution in [2.24, 2.45) is 5.73 Å². The number of methoxy groups -OCH3 is 1.